The molecule has 0 saturated carbocycles. The van der Waals surface area contributed by atoms with Crippen LogP contribution in [0.1, 0.15) is 18.2 Å². The van der Waals surface area contributed by atoms with Crippen molar-refractivity contribution in [1.82, 2.24) is 19.5 Å². The van der Waals surface area contributed by atoms with Gasteiger partial charge < -0.3 is 9.55 Å². The Hall–Kier alpha value is -3.01. The predicted molar refractivity (Wildman–Crippen MR) is 90.7 cm³/mol. The van der Waals surface area contributed by atoms with E-state index in [0.29, 0.717) is 6.07 Å². The van der Waals surface area contributed by atoms with Crippen molar-refractivity contribution in [3.05, 3.63) is 29.6 Å². The fourth-order valence-corrected chi connectivity index (χ4v) is 3.72. The van der Waals surface area contributed by atoms with Gasteiger partial charge in [0.15, 0.2) is 15.7 Å². The minimum Gasteiger partial charge on any atom is -0.338 e. The van der Waals surface area contributed by atoms with Crippen molar-refractivity contribution in [3.8, 4) is 17.6 Å². The summed E-state index contributed by atoms with van der Waals surface area (Å²) < 4.78 is 90.8. The molecule has 7 nitrogen and oxygen atoms in total. The standard InChI is InChI=1S/C16H12F5N5O2S/c1-3-29(27,28)10-4-8(6-22)7-23-12(10)14-24-9-5-11(25-13(9)26(14)2)15(17,18)16(19,20)21/h4-5,7,25H,3H2,1-2H3. The lowest BCUT2D eigenvalue weighted by atomic mass is 10.2. The van der Waals surface area contributed by atoms with Crippen LogP contribution in [0, 0.1) is 11.3 Å². The zero-order valence-corrected chi connectivity index (χ0v) is 15.7. The minimum atomic E-state index is -5.80. The Balaban J connectivity index is 2.22. The molecule has 0 aromatic carbocycles. The van der Waals surface area contributed by atoms with Crippen LogP contribution in [0.2, 0.25) is 0 Å². The van der Waals surface area contributed by atoms with Crippen molar-refractivity contribution >= 4 is 21.0 Å². The second-order valence-corrected chi connectivity index (χ2v) is 8.32. The first-order valence-electron chi connectivity index (χ1n) is 7.97. The number of imidazole rings is 1. The Kier molecular flexibility index (Phi) is 4.65. The number of aryl methyl sites for hydroxylation is 1. The number of alkyl halides is 5. The van der Waals surface area contributed by atoms with E-state index in [4.69, 9.17) is 5.26 Å². The molecule has 29 heavy (non-hydrogen) atoms. The number of aromatic nitrogens is 4. The summed E-state index contributed by atoms with van der Waals surface area (Å²) in [5.41, 5.74) is -1.97. The fraction of sp³-hybridized carbons (Fsp3) is 0.312. The summed E-state index contributed by atoms with van der Waals surface area (Å²) in [7, 11) is -2.54. The van der Waals surface area contributed by atoms with E-state index >= 15 is 0 Å². The van der Waals surface area contributed by atoms with Gasteiger partial charge in [-0.2, -0.15) is 27.2 Å². The van der Waals surface area contributed by atoms with Crippen molar-refractivity contribution in [1.29, 1.82) is 5.26 Å². The number of rotatable bonds is 4. The average Bonchev–Trinajstić information content (AvgIpc) is 3.20. The molecule has 0 aliphatic carbocycles. The third kappa shape index (κ3) is 3.23. The molecule has 0 aliphatic rings. The first-order valence-corrected chi connectivity index (χ1v) is 9.62. The van der Waals surface area contributed by atoms with Crippen molar-refractivity contribution in [2.45, 2.75) is 23.9 Å². The number of pyridine rings is 1. The van der Waals surface area contributed by atoms with Crippen molar-refractivity contribution in [2.75, 3.05) is 5.75 Å². The van der Waals surface area contributed by atoms with Gasteiger partial charge in [0.05, 0.1) is 21.9 Å². The lowest BCUT2D eigenvalue weighted by Crippen LogP contribution is -2.34. The van der Waals surface area contributed by atoms with E-state index in [1.807, 2.05) is 4.98 Å². The van der Waals surface area contributed by atoms with Crippen LogP contribution >= 0.6 is 0 Å². The van der Waals surface area contributed by atoms with E-state index < -0.39 is 27.6 Å². The van der Waals surface area contributed by atoms with Gasteiger partial charge in [0.1, 0.15) is 22.9 Å². The number of nitrogens with one attached hydrogen (secondary N) is 1. The Morgan fingerprint density at radius 1 is 1.24 bits per heavy atom. The number of hydrogen-bond donors (Lipinski definition) is 1. The lowest BCUT2D eigenvalue weighted by molar-refractivity contribution is -0.290. The highest BCUT2D eigenvalue weighted by atomic mass is 32.2. The van der Waals surface area contributed by atoms with E-state index in [1.54, 1.807) is 6.07 Å². The Morgan fingerprint density at radius 3 is 2.41 bits per heavy atom. The zero-order chi connectivity index (χ0) is 21.8. The molecule has 3 rings (SSSR count). The second kappa shape index (κ2) is 6.51. The molecule has 0 fully saturated rings. The topological polar surface area (TPSA) is 104 Å². The smallest absolute Gasteiger partial charge is 0.338 e. The van der Waals surface area contributed by atoms with E-state index in [2.05, 4.69) is 9.97 Å². The van der Waals surface area contributed by atoms with Gasteiger partial charge in [-0.05, 0) is 12.1 Å². The molecule has 0 atom stereocenters. The monoisotopic (exact) mass is 433 g/mol. The van der Waals surface area contributed by atoms with E-state index in [1.165, 1.54) is 14.0 Å². The van der Waals surface area contributed by atoms with Gasteiger partial charge in [-0.25, -0.2) is 13.4 Å². The van der Waals surface area contributed by atoms with Crippen LogP contribution < -0.4 is 0 Å². The Bertz CT molecular complexity index is 1250. The van der Waals surface area contributed by atoms with Gasteiger partial charge in [0, 0.05) is 13.2 Å². The molecule has 154 valence electrons. The molecular formula is C16H12F5N5O2S. The molecule has 3 heterocycles. The number of aromatic amines is 1. The maximum absolute atomic E-state index is 13.6. The molecule has 3 aromatic rings. The molecule has 0 aliphatic heterocycles. The molecule has 3 aromatic heterocycles. The SMILES string of the molecule is CCS(=O)(=O)c1cc(C#N)cnc1-c1nc2cc(C(F)(F)C(F)(F)F)[nH]c2n1C. The lowest BCUT2D eigenvalue weighted by Gasteiger charge is -2.18. The third-order valence-corrected chi connectivity index (χ3v) is 6.00. The van der Waals surface area contributed by atoms with Gasteiger partial charge >= 0.3 is 12.1 Å². The highest BCUT2D eigenvalue weighted by Crippen LogP contribution is 2.44. The Labute approximate surface area is 160 Å². The highest BCUT2D eigenvalue weighted by Gasteiger charge is 2.60. The van der Waals surface area contributed by atoms with Crippen LogP contribution in [-0.4, -0.2) is 39.9 Å². The van der Waals surface area contributed by atoms with Gasteiger partial charge in [0.2, 0.25) is 0 Å². The van der Waals surface area contributed by atoms with Gasteiger partial charge in [-0.15, -0.1) is 0 Å². The van der Waals surface area contributed by atoms with Gasteiger partial charge in [0.25, 0.3) is 0 Å². The molecule has 0 amide bonds. The van der Waals surface area contributed by atoms with Crippen molar-refractivity contribution in [2.24, 2.45) is 7.05 Å². The van der Waals surface area contributed by atoms with E-state index in [0.717, 1.165) is 16.8 Å². The molecular weight excluding hydrogens is 421 g/mol. The first-order chi connectivity index (χ1) is 13.3. The van der Waals surface area contributed by atoms with Crippen LogP contribution in [0.25, 0.3) is 22.7 Å². The summed E-state index contributed by atoms with van der Waals surface area (Å²) in [4.78, 5) is 9.64. The molecule has 13 heteroatoms. The molecule has 0 radical (unpaired) electrons. The predicted octanol–water partition coefficient (Wildman–Crippen LogP) is 3.28. The highest BCUT2D eigenvalue weighted by molar-refractivity contribution is 7.91. The molecule has 0 spiro atoms. The molecule has 1 N–H and O–H groups in total. The number of hydrogen-bond acceptors (Lipinski definition) is 5. The number of nitriles is 1. The zero-order valence-electron chi connectivity index (χ0n) is 14.8. The van der Waals surface area contributed by atoms with Crippen LogP contribution in [0.3, 0.4) is 0 Å². The minimum absolute atomic E-state index is 0.0207. The largest absolute Gasteiger partial charge is 0.459 e. The maximum Gasteiger partial charge on any atom is 0.459 e. The Morgan fingerprint density at radius 2 is 1.90 bits per heavy atom. The molecule has 0 unspecified atom stereocenters. The third-order valence-electron chi connectivity index (χ3n) is 4.26. The van der Waals surface area contributed by atoms with Crippen LogP contribution in [0.15, 0.2) is 23.2 Å². The maximum atomic E-state index is 13.6. The summed E-state index contributed by atoms with van der Waals surface area (Å²) in [6.07, 6.45) is -4.69. The first kappa shape index (κ1) is 20.7. The van der Waals surface area contributed by atoms with Gasteiger partial charge in [-0.3, -0.25) is 4.98 Å². The quantitative estimate of drug-likeness (QED) is 0.636. The summed E-state index contributed by atoms with van der Waals surface area (Å²) in [6.45, 7) is 1.38. The summed E-state index contributed by atoms with van der Waals surface area (Å²) in [5, 5.41) is 9.00. The average molecular weight is 433 g/mol. The van der Waals surface area contributed by atoms with E-state index in [9.17, 15) is 30.4 Å². The molecule has 0 bridgehead atoms. The summed E-state index contributed by atoms with van der Waals surface area (Å²) in [6, 6.07) is 3.42. The number of halogens is 5. The second-order valence-electron chi connectivity index (χ2n) is 6.07. The number of H-pyrrole nitrogens is 1. The van der Waals surface area contributed by atoms with Gasteiger partial charge in [-0.1, -0.05) is 6.92 Å². The normalized spacial score (nSPS) is 13.0. The van der Waals surface area contributed by atoms with Crippen molar-refractivity contribution in [3.63, 3.8) is 0 Å². The number of fused-ring (bicyclic) bond motifs is 1. The summed E-state index contributed by atoms with van der Waals surface area (Å²) in [5.74, 6) is -5.50. The van der Waals surface area contributed by atoms with Crippen LogP contribution in [0.5, 0.6) is 0 Å². The number of nitrogens with zero attached hydrogens (tertiary/aromatic N) is 4. The van der Waals surface area contributed by atoms with Crippen molar-refractivity contribution < 1.29 is 30.4 Å². The van der Waals surface area contributed by atoms with Crippen LogP contribution in [0.4, 0.5) is 22.0 Å². The summed E-state index contributed by atoms with van der Waals surface area (Å²) >= 11 is 0. The fourth-order valence-electron chi connectivity index (χ4n) is 2.67. The van der Waals surface area contributed by atoms with Crippen LogP contribution in [-0.2, 0) is 22.8 Å². The molecule has 0 saturated heterocycles. The number of sulfone groups is 1. The van der Waals surface area contributed by atoms with E-state index in [-0.39, 0.29) is 38.9 Å².